The summed E-state index contributed by atoms with van der Waals surface area (Å²) in [4.78, 5) is 9.85. The van der Waals surface area contributed by atoms with Crippen molar-refractivity contribution in [1.29, 1.82) is 0 Å². The van der Waals surface area contributed by atoms with Crippen molar-refractivity contribution < 1.29 is 4.74 Å². The fourth-order valence-electron chi connectivity index (χ4n) is 6.23. The van der Waals surface area contributed by atoms with Crippen LogP contribution in [0.4, 0.5) is 0 Å². The maximum atomic E-state index is 6.31. The maximum Gasteiger partial charge on any atom is 0.135 e. The van der Waals surface area contributed by atoms with Crippen LogP contribution < -0.4 is 4.74 Å². The van der Waals surface area contributed by atoms with Crippen LogP contribution in [-0.4, -0.2) is 9.97 Å². The van der Waals surface area contributed by atoms with Crippen LogP contribution in [0, 0.1) is 0 Å². The molecular weight excluding hydrogens is 464 g/mol. The number of nitrogens with zero attached hydrogens (tertiary/aromatic N) is 2. The van der Waals surface area contributed by atoms with E-state index in [2.05, 4.69) is 98.8 Å². The molecule has 8 rings (SSSR count). The zero-order valence-electron chi connectivity index (χ0n) is 21.2. The molecule has 0 atom stereocenters. The Labute approximate surface area is 221 Å². The van der Waals surface area contributed by atoms with E-state index in [1.54, 1.807) is 0 Å². The van der Waals surface area contributed by atoms with Crippen molar-refractivity contribution in [3.05, 3.63) is 120 Å². The van der Waals surface area contributed by atoms with E-state index < -0.39 is 0 Å². The molecule has 6 aromatic rings. The number of rotatable bonds is 2. The molecule has 38 heavy (non-hydrogen) atoms. The molecule has 0 saturated heterocycles. The van der Waals surface area contributed by atoms with Gasteiger partial charge in [0.15, 0.2) is 0 Å². The number of pyridine rings is 2. The molecular formula is C35H24N2O. The molecule has 0 radical (unpaired) electrons. The maximum absolute atomic E-state index is 6.31. The van der Waals surface area contributed by atoms with Gasteiger partial charge in [0.25, 0.3) is 0 Å². The Morgan fingerprint density at radius 2 is 1.42 bits per heavy atom. The standard InChI is InChI=1S/C35H24N2O/c1-35(2)27-13-7-19-36-33(27)34-28(35)16-17-29(37-34)22-9-5-8-21(20-22)23-15-18-31-32-25(23)11-6-12-26(32)24-10-3-4-14-30(24)38-31/h3-20H,1-2H3. The van der Waals surface area contributed by atoms with E-state index in [1.807, 2.05) is 24.4 Å². The van der Waals surface area contributed by atoms with Crippen LogP contribution >= 0.6 is 0 Å². The lowest BCUT2D eigenvalue weighted by atomic mass is 9.83. The summed E-state index contributed by atoms with van der Waals surface area (Å²) in [7, 11) is 0. The number of benzene rings is 4. The number of para-hydroxylation sites is 1. The van der Waals surface area contributed by atoms with Gasteiger partial charge in [-0.3, -0.25) is 4.98 Å². The van der Waals surface area contributed by atoms with E-state index in [0.29, 0.717) is 0 Å². The van der Waals surface area contributed by atoms with Gasteiger partial charge in [-0.2, -0.15) is 0 Å². The first kappa shape index (κ1) is 21.3. The van der Waals surface area contributed by atoms with E-state index in [-0.39, 0.29) is 5.41 Å². The van der Waals surface area contributed by atoms with Crippen molar-refractivity contribution in [3.8, 4) is 56.4 Å². The molecule has 3 nitrogen and oxygen atoms in total. The third-order valence-corrected chi connectivity index (χ3v) is 8.14. The van der Waals surface area contributed by atoms with Crippen LogP contribution in [0.2, 0.25) is 0 Å². The molecule has 0 bridgehead atoms. The summed E-state index contributed by atoms with van der Waals surface area (Å²) in [6.07, 6.45) is 1.86. The number of hydrogen-bond donors (Lipinski definition) is 0. The predicted molar refractivity (Wildman–Crippen MR) is 153 cm³/mol. The Balaban J connectivity index is 1.27. The van der Waals surface area contributed by atoms with Gasteiger partial charge in [0.1, 0.15) is 11.5 Å². The first-order valence-electron chi connectivity index (χ1n) is 13.0. The normalized spacial score (nSPS) is 13.9. The quantitative estimate of drug-likeness (QED) is 0.243. The fraction of sp³-hybridized carbons (Fsp3) is 0.0857. The zero-order chi connectivity index (χ0) is 25.4. The number of ether oxygens (including phenoxy) is 1. The lowest BCUT2D eigenvalue weighted by Gasteiger charge is -2.22. The number of hydrogen-bond acceptors (Lipinski definition) is 3. The summed E-state index contributed by atoms with van der Waals surface area (Å²) in [5, 5.41) is 2.35. The van der Waals surface area contributed by atoms with E-state index >= 15 is 0 Å². The van der Waals surface area contributed by atoms with Crippen molar-refractivity contribution in [2.24, 2.45) is 0 Å². The van der Waals surface area contributed by atoms with Gasteiger partial charge in [-0.05, 0) is 63.5 Å². The molecule has 0 fully saturated rings. The van der Waals surface area contributed by atoms with E-state index in [4.69, 9.17) is 14.7 Å². The SMILES string of the molecule is CC1(C)c2cccnc2-c2nc(-c3cccc(-c4ccc5c6c(cccc46)-c4ccccc4O5)c3)ccc21. The second-order valence-electron chi connectivity index (χ2n) is 10.6. The van der Waals surface area contributed by atoms with Gasteiger partial charge < -0.3 is 4.74 Å². The minimum Gasteiger partial charge on any atom is -0.456 e. The minimum absolute atomic E-state index is 0.101. The van der Waals surface area contributed by atoms with Gasteiger partial charge in [0.05, 0.1) is 17.1 Å². The highest BCUT2D eigenvalue weighted by Gasteiger charge is 2.37. The summed E-state index contributed by atoms with van der Waals surface area (Å²) in [6, 6.07) is 36.3. The van der Waals surface area contributed by atoms with Crippen LogP contribution in [0.25, 0.3) is 55.7 Å². The van der Waals surface area contributed by atoms with Gasteiger partial charge in [0.2, 0.25) is 0 Å². The van der Waals surface area contributed by atoms with E-state index in [1.165, 1.54) is 27.6 Å². The van der Waals surface area contributed by atoms with Crippen LogP contribution in [0.5, 0.6) is 11.5 Å². The summed E-state index contributed by atoms with van der Waals surface area (Å²) in [5.74, 6) is 1.81. The molecule has 2 aromatic heterocycles. The second-order valence-corrected chi connectivity index (χ2v) is 10.6. The van der Waals surface area contributed by atoms with Gasteiger partial charge >= 0.3 is 0 Å². The average molecular weight is 489 g/mol. The van der Waals surface area contributed by atoms with Crippen molar-refractivity contribution in [3.63, 3.8) is 0 Å². The van der Waals surface area contributed by atoms with Crippen molar-refractivity contribution in [2.45, 2.75) is 19.3 Å². The molecule has 0 N–H and O–H groups in total. The van der Waals surface area contributed by atoms with Crippen LogP contribution in [0.1, 0.15) is 25.0 Å². The zero-order valence-corrected chi connectivity index (χ0v) is 21.2. The topological polar surface area (TPSA) is 35.0 Å². The third kappa shape index (κ3) is 2.90. The first-order valence-corrected chi connectivity index (χ1v) is 13.0. The lowest BCUT2D eigenvalue weighted by Crippen LogP contribution is -2.15. The molecule has 0 amide bonds. The average Bonchev–Trinajstić information content (AvgIpc) is 3.20. The third-order valence-electron chi connectivity index (χ3n) is 8.14. The fourth-order valence-corrected chi connectivity index (χ4v) is 6.23. The van der Waals surface area contributed by atoms with Gasteiger partial charge in [-0.1, -0.05) is 86.6 Å². The Morgan fingerprint density at radius 1 is 0.605 bits per heavy atom. The van der Waals surface area contributed by atoms with Gasteiger partial charge in [-0.15, -0.1) is 0 Å². The van der Waals surface area contributed by atoms with Crippen molar-refractivity contribution in [2.75, 3.05) is 0 Å². The van der Waals surface area contributed by atoms with Crippen molar-refractivity contribution >= 4 is 10.8 Å². The van der Waals surface area contributed by atoms with Crippen LogP contribution in [0.3, 0.4) is 0 Å². The molecule has 3 heteroatoms. The minimum atomic E-state index is -0.101. The monoisotopic (exact) mass is 488 g/mol. The van der Waals surface area contributed by atoms with Gasteiger partial charge in [-0.25, -0.2) is 4.98 Å². The number of fused-ring (bicyclic) bond motifs is 5. The Kier molecular flexibility index (Phi) is 4.28. The first-order chi connectivity index (χ1) is 18.6. The van der Waals surface area contributed by atoms with Crippen molar-refractivity contribution in [1.82, 2.24) is 9.97 Å². The van der Waals surface area contributed by atoms with E-state index in [0.717, 1.165) is 50.7 Å². The molecule has 2 aliphatic rings. The highest BCUT2D eigenvalue weighted by atomic mass is 16.5. The molecule has 3 heterocycles. The lowest BCUT2D eigenvalue weighted by molar-refractivity contribution is 0.487. The molecule has 0 spiro atoms. The smallest absolute Gasteiger partial charge is 0.135 e. The second kappa shape index (κ2) is 7.62. The highest BCUT2D eigenvalue weighted by Crippen LogP contribution is 2.49. The molecule has 180 valence electrons. The highest BCUT2D eigenvalue weighted by molar-refractivity contribution is 6.10. The Bertz CT molecular complexity index is 1940. The molecule has 1 aliphatic carbocycles. The molecule has 1 aliphatic heterocycles. The van der Waals surface area contributed by atoms with Crippen LogP contribution in [0.15, 0.2) is 109 Å². The van der Waals surface area contributed by atoms with Gasteiger partial charge in [0, 0.05) is 28.1 Å². The largest absolute Gasteiger partial charge is 0.456 e. The summed E-state index contributed by atoms with van der Waals surface area (Å²) < 4.78 is 6.31. The summed E-state index contributed by atoms with van der Waals surface area (Å²) in [6.45, 7) is 4.50. The molecule has 0 unspecified atom stereocenters. The Hall–Kier alpha value is -4.76. The van der Waals surface area contributed by atoms with E-state index in [9.17, 15) is 0 Å². The molecule has 0 saturated carbocycles. The number of aromatic nitrogens is 2. The summed E-state index contributed by atoms with van der Waals surface area (Å²) >= 11 is 0. The Morgan fingerprint density at radius 3 is 2.37 bits per heavy atom. The predicted octanol–water partition coefficient (Wildman–Crippen LogP) is 9.04. The van der Waals surface area contributed by atoms with Crippen LogP contribution in [-0.2, 0) is 5.41 Å². The molecule has 4 aromatic carbocycles. The summed E-state index contributed by atoms with van der Waals surface area (Å²) in [5.41, 5.74) is 11.1.